The van der Waals surface area contributed by atoms with Crippen molar-refractivity contribution in [1.29, 1.82) is 0 Å². The average Bonchev–Trinajstić information content (AvgIpc) is 3.51. The van der Waals surface area contributed by atoms with Gasteiger partial charge in [0.1, 0.15) is 0 Å². The second kappa shape index (κ2) is 8.05. The van der Waals surface area contributed by atoms with Crippen LogP contribution in [0.15, 0.2) is 40.9 Å². The number of hydrogen-bond acceptors (Lipinski definition) is 7. The van der Waals surface area contributed by atoms with Crippen molar-refractivity contribution in [3.8, 4) is 11.5 Å². The van der Waals surface area contributed by atoms with Gasteiger partial charge in [0.2, 0.25) is 5.91 Å². The van der Waals surface area contributed by atoms with Gasteiger partial charge < -0.3 is 20.1 Å². The summed E-state index contributed by atoms with van der Waals surface area (Å²) in [4.78, 5) is 44.4. The van der Waals surface area contributed by atoms with Crippen LogP contribution in [0.25, 0.3) is 11.5 Å². The number of rotatable bonds is 5. The normalized spacial score (nSPS) is 15.1. The fraction of sp³-hybridized carbons (Fsp3) is 0.261. The molecule has 0 radical (unpaired) electrons. The zero-order valence-corrected chi connectivity index (χ0v) is 18.2. The third kappa shape index (κ3) is 3.69. The molecule has 1 aromatic heterocycles. The predicted octanol–water partition coefficient (Wildman–Crippen LogP) is 2.41. The Morgan fingerprint density at radius 1 is 1.18 bits per heavy atom. The van der Waals surface area contributed by atoms with Gasteiger partial charge in [-0.3, -0.25) is 9.59 Å². The Morgan fingerprint density at radius 2 is 2.00 bits per heavy atom. The number of carbonyl (C=O) groups excluding carboxylic acids is 3. The molecule has 0 atom stereocenters. The van der Waals surface area contributed by atoms with E-state index >= 15 is 0 Å². The van der Waals surface area contributed by atoms with Crippen LogP contribution in [0.5, 0.6) is 0 Å². The Labute approximate surface area is 189 Å². The number of nitrogens with zero attached hydrogens (tertiary/aromatic N) is 4. The molecule has 2 aliphatic rings. The number of urea groups is 1. The number of benzene rings is 2. The second-order valence-corrected chi connectivity index (χ2v) is 7.99. The van der Waals surface area contributed by atoms with Gasteiger partial charge in [-0.2, -0.15) is 4.98 Å². The Morgan fingerprint density at radius 3 is 2.73 bits per heavy atom. The molecule has 168 valence electrons. The molecule has 2 aliphatic heterocycles. The molecule has 0 saturated carbocycles. The van der Waals surface area contributed by atoms with Gasteiger partial charge in [0.15, 0.2) is 5.82 Å². The van der Waals surface area contributed by atoms with Crippen LogP contribution in [0.1, 0.15) is 17.0 Å². The highest BCUT2D eigenvalue weighted by Crippen LogP contribution is 2.36. The highest BCUT2D eigenvalue weighted by molar-refractivity contribution is 6.20. The highest BCUT2D eigenvalue weighted by Gasteiger charge is 2.35. The molecule has 2 N–H and O–H groups in total. The lowest BCUT2D eigenvalue weighted by atomic mass is 10.1. The van der Waals surface area contributed by atoms with Crippen LogP contribution in [-0.2, 0) is 16.0 Å². The van der Waals surface area contributed by atoms with E-state index in [1.165, 1.54) is 0 Å². The molecule has 0 spiro atoms. The van der Waals surface area contributed by atoms with Crippen LogP contribution in [0.4, 0.5) is 21.9 Å². The van der Waals surface area contributed by atoms with Crippen LogP contribution in [0.2, 0.25) is 0 Å². The topological polar surface area (TPSA) is 121 Å². The molecular weight excluding hydrogens is 424 g/mol. The Balaban J connectivity index is 1.33. The first-order valence-corrected chi connectivity index (χ1v) is 10.6. The summed E-state index contributed by atoms with van der Waals surface area (Å²) in [6.45, 7) is 4.25. The van der Waals surface area contributed by atoms with E-state index in [9.17, 15) is 14.4 Å². The molecule has 10 heteroatoms. The van der Waals surface area contributed by atoms with E-state index in [-0.39, 0.29) is 24.9 Å². The van der Waals surface area contributed by atoms with E-state index in [2.05, 4.69) is 20.8 Å². The molecule has 3 heterocycles. The smallest absolute Gasteiger partial charge is 0.329 e. The van der Waals surface area contributed by atoms with E-state index in [0.717, 1.165) is 33.0 Å². The third-order valence-electron chi connectivity index (χ3n) is 5.83. The van der Waals surface area contributed by atoms with Crippen molar-refractivity contribution in [2.75, 3.05) is 34.8 Å². The SMILES string of the molecule is Cc1noc(-c2ccc(C)c(NCC(=O)N3CCc4c3cccc4N3C(=O)CNC3=O)c2)n1. The molecule has 33 heavy (non-hydrogen) atoms. The summed E-state index contributed by atoms with van der Waals surface area (Å²) < 4.78 is 5.24. The standard InChI is InChI=1S/C23H22N6O4/c1-13-6-7-15(22-26-14(2)27-33-22)10-17(13)24-11-20(30)28-9-8-16-18(28)4-3-5-19(16)29-21(31)12-25-23(29)32/h3-7,10,24H,8-9,11-12H2,1-2H3,(H,25,32). The molecule has 5 rings (SSSR count). The summed E-state index contributed by atoms with van der Waals surface area (Å²) in [6.07, 6.45) is 0.569. The highest BCUT2D eigenvalue weighted by atomic mass is 16.5. The Bertz CT molecular complexity index is 1270. The van der Waals surface area contributed by atoms with Gasteiger partial charge in [0.25, 0.3) is 11.8 Å². The van der Waals surface area contributed by atoms with Crippen LogP contribution in [0, 0.1) is 13.8 Å². The lowest BCUT2D eigenvalue weighted by Gasteiger charge is -2.20. The number of amides is 4. The van der Waals surface area contributed by atoms with Crippen molar-refractivity contribution >= 4 is 34.9 Å². The minimum Gasteiger partial charge on any atom is -0.376 e. The minimum atomic E-state index is -0.438. The summed E-state index contributed by atoms with van der Waals surface area (Å²) in [7, 11) is 0. The van der Waals surface area contributed by atoms with Gasteiger partial charge in [0, 0.05) is 29.0 Å². The maximum Gasteiger partial charge on any atom is 0.329 e. The van der Waals surface area contributed by atoms with Gasteiger partial charge in [-0.25, -0.2) is 9.69 Å². The average molecular weight is 446 g/mol. The van der Waals surface area contributed by atoms with Crippen molar-refractivity contribution in [3.63, 3.8) is 0 Å². The van der Waals surface area contributed by atoms with Crippen LogP contribution in [0.3, 0.4) is 0 Å². The number of nitrogens with one attached hydrogen (secondary N) is 2. The lowest BCUT2D eigenvalue weighted by molar-refractivity contribution is -0.117. The van der Waals surface area contributed by atoms with E-state index in [1.54, 1.807) is 24.0 Å². The number of aryl methyl sites for hydroxylation is 2. The third-order valence-corrected chi connectivity index (χ3v) is 5.83. The largest absolute Gasteiger partial charge is 0.376 e. The molecule has 0 aliphatic carbocycles. The van der Waals surface area contributed by atoms with Crippen molar-refractivity contribution in [2.45, 2.75) is 20.3 Å². The van der Waals surface area contributed by atoms with Crippen LogP contribution >= 0.6 is 0 Å². The number of fused-ring (bicyclic) bond motifs is 1. The van der Waals surface area contributed by atoms with E-state index in [1.807, 2.05) is 31.2 Å². The first-order chi connectivity index (χ1) is 15.9. The van der Waals surface area contributed by atoms with Gasteiger partial charge in [0.05, 0.1) is 18.8 Å². The molecule has 0 unspecified atom stereocenters. The van der Waals surface area contributed by atoms with E-state index in [0.29, 0.717) is 30.4 Å². The predicted molar refractivity (Wildman–Crippen MR) is 121 cm³/mol. The van der Waals surface area contributed by atoms with Crippen molar-refractivity contribution in [1.82, 2.24) is 15.5 Å². The minimum absolute atomic E-state index is 0.0172. The number of imide groups is 1. The lowest BCUT2D eigenvalue weighted by Crippen LogP contribution is -2.34. The summed E-state index contributed by atoms with van der Waals surface area (Å²) >= 11 is 0. The Hall–Kier alpha value is -4.21. The summed E-state index contributed by atoms with van der Waals surface area (Å²) in [6, 6.07) is 10.6. The molecule has 3 aromatic rings. The van der Waals surface area contributed by atoms with Gasteiger partial charge in [-0.1, -0.05) is 17.3 Å². The molecule has 1 fully saturated rings. The van der Waals surface area contributed by atoms with Crippen LogP contribution < -0.4 is 20.4 Å². The molecule has 10 nitrogen and oxygen atoms in total. The number of aromatic nitrogens is 2. The maximum atomic E-state index is 13.1. The monoisotopic (exact) mass is 446 g/mol. The molecule has 1 saturated heterocycles. The first kappa shape index (κ1) is 20.7. The number of hydrogen-bond donors (Lipinski definition) is 2. The summed E-state index contributed by atoms with van der Waals surface area (Å²) in [5, 5.41) is 9.57. The molecular formula is C23H22N6O4. The van der Waals surface area contributed by atoms with E-state index < -0.39 is 6.03 Å². The fourth-order valence-electron chi connectivity index (χ4n) is 4.18. The second-order valence-electron chi connectivity index (χ2n) is 7.99. The van der Waals surface area contributed by atoms with Gasteiger partial charge in [-0.05, 0) is 50.1 Å². The fourth-order valence-corrected chi connectivity index (χ4v) is 4.18. The van der Waals surface area contributed by atoms with E-state index in [4.69, 9.17) is 4.52 Å². The molecule has 4 amide bonds. The Kier molecular flexibility index (Phi) is 5.04. The van der Waals surface area contributed by atoms with Crippen molar-refractivity contribution < 1.29 is 18.9 Å². The van der Waals surface area contributed by atoms with Crippen molar-refractivity contribution in [3.05, 3.63) is 53.3 Å². The first-order valence-electron chi connectivity index (χ1n) is 10.6. The quantitative estimate of drug-likeness (QED) is 0.578. The zero-order valence-electron chi connectivity index (χ0n) is 18.2. The molecule has 0 bridgehead atoms. The number of carbonyl (C=O) groups is 3. The zero-order chi connectivity index (χ0) is 23.1. The van der Waals surface area contributed by atoms with Crippen LogP contribution in [-0.4, -0.2) is 47.6 Å². The summed E-state index contributed by atoms with van der Waals surface area (Å²) in [5.74, 6) is 0.562. The van der Waals surface area contributed by atoms with Gasteiger partial charge >= 0.3 is 6.03 Å². The molecule has 2 aromatic carbocycles. The van der Waals surface area contributed by atoms with Crippen molar-refractivity contribution in [2.24, 2.45) is 0 Å². The number of anilines is 3. The van der Waals surface area contributed by atoms with Gasteiger partial charge in [-0.15, -0.1) is 0 Å². The summed E-state index contributed by atoms with van der Waals surface area (Å²) in [5.41, 5.74) is 4.62. The maximum absolute atomic E-state index is 13.1.